The van der Waals surface area contributed by atoms with Crippen LogP contribution >= 0.6 is 0 Å². The maximum atomic E-state index is 13.1. The van der Waals surface area contributed by atoms with Crippen LogP contribution in [0.2, 0.25) is 0 Å². The van der Waals surface area contributed by atoms with Gasteiger partial charge in [-0.3, -0.25) is 9.48 Å². The molecular weight excluding hydrogens is 378 g/mol. The summed E-state index contributed by atoms with van der Waals surface area (Å²) >= 11 is 0. The number of carbonyl (C=O) groups is 2. The Hall–Kier alpha value is -2.63. The topological polar surface area (TPSA) is 64.4 Å². The molecule has 0 saturated carbocycles. The van der Waals surface area contributed by atoms with Gasteiger partial charge in [-0.15, -0.1) is 0 Å². The Kier molecular flexibility index (Phi) is 5.20. The SMILES string of the molecule is CC1C(=O)c2nn(C(C)(C)C)cc2CC12CCN(C(=O)OCc1ccccc1)CC2. The second-order valence-electron chi connectivity index (χ2n) is 9.77. The lowest BCUT2D eigenvalue weighted by Crippen LogP contribution is -2.50. The van der Waals surface area contributed by atoms with Crippen molar-refractivity contribution in [1.82, 2.24) is 14.7 Å². The second kappa shape index (κ2) is 7.56. The fraction of sp³-hybridized carbons (Fsp3) is 0.542. The van der Waals surface area contributed by atoms with Gasteiger partial charge < -0.3 is 9.64 Å². The first-order chi connectivity index (χ1) is 14.2. The van der Waals surface area contributed by atoms with Crippen LogP contribution in [0.15, 0.2) is 36.5 Å². The van der Waals surface area contributed by atoms with Gasteiger partial charge in [-0.1, -0.05) is 37.3 Å². The highest BCUT2D eigenvalue weighted by atomic mass is 16.6. The van der Waals surface area contributed by atoms with Crippen LogP contribution in [-0.2, 0) is 23.3 Å². The van der Waals surface area contributed by atoms with Crippen LogP contribution in [0.1, 0.15) is 62.2 Å². The molecule has 4 rings (SSSR count). The number of aromatic nitrogens is 2. The summed E-state index contributed by atoms with van der Waals surface area (Å²) in [5.41, 5.74) is 2.40. The summed E-state index contributed by atoms with van der Waals surface area (Å²) in [5.74, 6) is 0.0511. The van der Waals surface area contributed by atoms with Crippen molar-refractivity contribution in [3.63, 3.8) is 0 Å². The molecule has 1 amide bonds. The number of piperidine rings is 1. The van der Waals surface area contributed by atoms with E-state index in [4.69, 9.17) is 4.74 Å². The number of amides is 1. The summed E-state index contributed by atoms with van der Waals surface area (Å²) in [6, 6.07) is 9.71. The van der Waals surface area contributed by atoms with E-state index in [9.17, 15) is 9.59 Å². The number of Topliss-reactive ketones (excluding diaryl/α,β-unsaturated/α-hetero) is 1. The molecule has 1 aliphatic heterocycles. The van der Waals surface area contributed by atoms with Crippen LogP contribution in [-0.4, -0.2) is 39.6 Å². The largest absolute Gasteiger partial charge is 0.445 e. The van der Waals surface area contributed by atoms with E-state index in [2.05, 4.69) is 25.9 Å². The first-order valence-electron chi connectivity index (χ1n) is 10.8. The Morgan fingerprint density at radius 1 is 1.20 bits per heavy atom. The zero-order chi connectivity index (χ0) is 21.5. The molecule has 6 heteroatoms. The molecule has 1 unspecified atom stereocenters. The molecule has 1 fully saturated rings. The van der Waals surface area contributed by atoms with Gasteiger partial charge in [0.2, 0.25) is 0 Å². The number of hydrogen-bond acceptors (Lipinski definition) is 4. The molecular formula is C24H31N3O3. The van der Waals surface area contributed by atoms with E-state index in [1.807, 2.05) is 48.1 Å². The van der Waals surface area contributed by atoms with Crippen molar-refractivity contribution in [3.8, 4) is 0 Å². The highest BCUT2D eigenvalue weighted by molar-refractivity contribution is 5.99. The summed E-state index contributed by atoms with van der Waals surface area (Å²) in [4.78, 5) is 27.4. The molecule has 2 aromatic rings. The minimum atomic E-state index is -0.273. The molecule has 1 aromatic carbocycles. The van der Waals surface area contributed by atoms with E-state index in [-0.39, 0.29) is 35.4 Å². The first kappa shape index (κ1) is 20.6. The quantitative estimate of drug-likeness (QED) is 0.736. The zero-order valence-corrected chi connectivity index (χ0v) is 18.4. The molecule has 0 N–H and O–H groups in total. The fourth-order valence-corrected chi connectivity index (χ4v) is 4.66. The van der Waals surface area contributed by atoms with Crippen LogP contribution in [0.5, 0.6) is 0 Å². The number of rotatable bonds is 2. The van der Waals surface area contributed by atoms with Crippen LogP contribution < -0.4 is 0 Å². The highest BCUT2D eigenvalue weighted by Gasteiger charge is 2.48. The van der Waals surface area contributed by atoms with Crippen molar-refractivity contribution in [2.24, 2.45) is 11.3 Å². The van der Waals surface area contributed by atoms with E-state index in [1.165, 1.54) is 0 Å². The number of benzene rings is 1. The zero-order valence-electron chi connectivity index (χ0n) is 18.4. The minimum absolute atomic E-state index is 0.0872. The van der Waals surface area contributed by atoms with Crippen molar-refractivity contribution in [1.29, 1.82) is 0 Å². The van der Waals surface area contributed by atoms with Gasteiger partial charge in [-0.2, -0.15) is 5.10 Å². The normalized spacial score (nSPS) is 20.9. The van der Waals surface area contributed by atoms with E-state index < -0.39 is 0 Å². The number of hydrogen-bond donors (Lipinski definition) is 0. The lowest BCUT2D eigenvalue weighted by atomic mass is 9.61. The molecule has 160 valence electrons. The van der Waals surface area contributed by atoms with Gasteiger partial charge in [0.15, 0.2) is 5.78 Å². The molecule has 2 aliphatic rings. The molecule has 1 aromatic heterocycles. The molecule has 30 heavy (non-hydrogen) atoms. The van der Waals surface area contributed by atoms with Crippen LogP contribution in [0, 0.1) is 11.3 Å². The number of fused-ring (bicyclic) bond motifs is 1. The van der Waals surface area contributed by atoms with E-state index in [0.717, 1.165) is 30.4 Å². The van der Waals surface area contributed by atoms with E-state index in [1.54, 1.807) is 4.90 Å². The number of ether oxygens (including phenoxy) is 1. The van der Waals surface area contributed by atoms with Crippen molar-refractivity contribution < 1.29 is 14.3 Å². The van der Waals surface area contributed by atoms with Gasteiger partial charge in [0, 0.05) is 30.8 Å². The van der Waals surface area contributed by atoms with Crippen molar-refractivity contribution in [3.05, 3.63) is 53.3 Å². The summed E-state index contributed by atoms with van der Waals surface area (Å²) in [5, 5.41) is 4.61. The average molecular weight is 410 g/mol. The Bertz CT molecular complexity index is 934. The van der Waals surface area contributed by atoms with Gasteiger partial charge in [-0.05, 0) is 51.0 Å². The highest BCUT2D eigenvalue weighted by Crippen LogP contribution is 2.47. The lowest BCUT2D eigenvalue weighted by molar-refractivity contribution is 0.0315. The number of ketones is 1. The maximum Gasteiger partial charge on any atom is 0.410 e. The van der Waals surface area contributed by atoms with Crippen LogP contribution in [0.4, 0.5) is 4.79 Å². The molecule has 1 spiro atoms. The number of likely N-dealkylation sites (tertiary alicyclic amines) is 1. The van der Waals surface area contributed by atoms with Crippen molar-refractivity contribution in [2.45, 2.75) is 59.1 Å². The molecule has 2 heterocycles. The molecule has 6 nitrogen and oxygen atoms in total. The Balaban J connectivity index is 1.42. The summed E-state index contributed by atoms with van der Waals surface area (Å²) in [6.45, 7) is 9.83. The van der Waals surface area contributed by atoms with E-state index in [0.29, 0.717) is 18.8 Å². The summed E-state index contributed by atoms with van der Waals surface area (Å²) in [7, 11) is 0. The summed E-state index contributed by atoms with van der Waals surface area (Å²) < 4.78 is 7.41. The summed E-state index contributed by atoms with van der Waals surface area (Å²) in [6.07, 6.45) is 4.23. The predicted molar refractivity (Wildman–Crippen MR) is 114 cm³/mol. The third-order valence-electron chi connectivity index (χ3n) is 6.79. The second-order valence-corrected chi connectivity index (χ2v) is 9.77. The molecule has 1 aliphatic carbocycles. The fourth-order valence-electron chi connectivity index (χ4n) is 4.66. The predicted octanol–water partition coefficient (Wildman–Crippen LogP) is 4.43. The van der Waals surface area contributed by atoms with E-state index >= 15 is 0 Å². The molecule has 1 atom stereocenters. The van der Waals surface area contributed by atoms with Gasteiger partial charge in [0.25, 0.3) is 0 Å². The first-order valence-corrected chi connectivity index (χ1v) is 10.8. The van der Waals surface area contributed by atoms with Gasteiger partial charge in [0.1, 0.15) is 12.3 Å². The van der Waals surface area contributed by atoms with Gasteiger partial charge in [0.05, 0.1) is 5.54 Å². The van der Waals surface area contributed by atoms with Crippen molar-refractivity contribution in [2.75, 3.05) is 13.1 Å². The molecule has 0 radical (unpaired) electrons. The average Bonchev–Trinajstić information content (AvgIpc) is 3.16. The maximum absolute atomic E-state index is 13.1. The Morgan fingerprint density at radius 3 is 2.50 bits per heavy atom. The smallest absolute Gasteiger partial charge is 0.410 e. The van der Waals surface area contributed by atoms with Gasteiger partial charge >= 0.3 is 6.09 Å². The van der Waals surface area contributed by atoms with Crippen LogP contribution in [0.3, 0.4) is 0 Å². The van der Waals surface area contributed by atoms with Crippen LogP contribution in [0.25, 0.3) is 0 Å². The third-order valence-corrected chi connectivity index (χ3v) is 6.79. The molecule has 1 saturated heterocycles. The third kappa shape index (κ3) is 3.75. The van der Waals surface area contributed by atoms with Gasteiger partial charge in [-0.25, -0.2) is 4.79 Å². The minimum Gasteiger partial charge on any atom is -0.445 e. The Labute approximate surface area is 178 Å². The Morgan fingerprint density at radius 2 is 1.87 bits per heavy atom. The lowest BCUT2D eigenvalue weighted by Gasteiger charge is -2.46. The number of nitrogens with zero attached hydrogens (tertiary/aromatic N) is 3. The molecule has 0 bridgehead atoms. The van der Waals surface area contributed by atoms with Crippen molar-refractivity contribution >= 4 is 11.9 Å². The monoisotopic (exact) mass is 409 g/mol. The standard InChI is InChI=1S/C24H31N3O3/c1-17-21(28)20-19(15-27(25-20)23(2,3)4)14-24(17)10-12-26(13-11-24)22(29)30-16-18-8-6-5-7-9-18/h5-9,15,17H,10-14,16H2,1-4H3. The number of carbonyl (C=O) groups excluding carboxylic acids is 2.